The zero-order valence-corrected chi connectivity index (χ0v) is 11.6. The number of likely N-dealkylation sites (tertiary alicyclic amines) is 1. The Morgan fingerprint density at radius 3 is 3.00 bits per heavy atom. The third-order valence-electron chi connectivity index (χ3n) is 3.73. The molecule has 2 atom stereocenters. The van der Waals surface area contributed by atoms with Crippen molar-refractivity contribution in [1.82, 2.24) is 4.90 Å². The van der Waals surface area contributed by atoms with Gasteiger partial charge in [0.15, 0.2) is 0 Å². The van der Waals surface area contributed by atoms with E-state index in [9.17, 15) is 4.79 Å². The first-order valence-corrected chi connectivity index (χ1v) is 6.80. The monoisotopic (exact) mass is 262 g/mol. The van der Waals surface area contributed by atoms with Crippen LogP contribution in [0.25, 0.3) is 0 Å². The maximum Gasteiger partial charge on any atom is 0.229 e. The molecule has 0 bridgehead atoms. The molecule has 1 amide bonds. The molecule has 1 aromatic rings. The molecule has 4 heteroatoms. The molecule has 2 rings (SSSR count). The molecule has 104 valence electrons. The van der Waals surface area contributed by atoms with E-state index < -0.39 is 0 Å². The van der Waals surface area contributed by atoms with Gasteiger partial charge in [0.1, 0.15) is 5.75 Å². The fraction of sp³-hybridized carbons (Fsp3) is 0.533. The van der Waals surface area contributed by atoms with Gasteiger partial charge in [0.25, 0.3) is 0 Å². The number of ether oxygens (including phenoxy) is 1. The van der Waals surface area contributed by atoms with E-state index in [1.165, 1.54) is 0 Å². The molecule has 4 nitrogen and oxygen atoms in total. The minimum Gasteiger partial charge on any atom is -0.497 e. The second-order valence-electron chi connectivity index (χ2n) is 5.18. The van der Waals surface area contributed by atoms with E-state index in [-0.39, 0.29) is 17.9 Å². The van der Waals surface area contributed by atoms with Gasteiger partial charge in [-0.1, -0.05) is 12.1 Å². The number of carbonyl (C=O) groups is 1. The molecule has 0 unspecified atom stereocenters. The summed E-state index contributed by atoms with van der Waals surface area (Å²) in [6.45, 7) is 3.44. The molecular weight excluding hydrogens is 240 g/mol. The van der Waals surface area contributed by atoms with E-state index in [1.54, 1.807) is 7.11 Å². The molecule has 1 saturated heterocycles. The van der Waals surface area contributed by atoms with Gasteiger partial charge in [-0.05, 0) is 37.5 Å². The Bertz CT molecular complexity index is 448. The minimum absolute atomic E-state index is 0.121. The lowest BCUT2D eigenvalue weighted by Crippen LogP contribution is -2.47. The van der Waals surface area contributed by atoms with Crippen molar-refractivity contribution in [2.24, 2.45) is 5.73 Å². The second kappa shape index (κ2) is 6.06. The summed E-state index contributed by atoms with van der Waals surface area (Å²) in [6.07, 6.45) is 2.01. The van der Waals surface area contributed by atoms with Crippen LogP contribution >= 0.6 is 0 Å². The van der Waals surface area contributed by atoms with E-state index in [2.05, 4.69) is 0 Å². The molecular formula is C15H22N2O2. The molecule has 1 aromatic carbocycles. The summed E-state index contributed by atoms with van der Waals surface area (Å²) in [5.41, 5.74) is 6.92. The smallest absolute Gasteiger partial charge is 0.229 e. The number of hydrogen-bond acceptors (Lipinski definition) is 3. The van der Waals surface area contributed by atoms with Crippen molar-refractivity contribution in [3.8, 4) is 5.75 Å². The van der Waals surface area contributed by atoms with E-state index in [0.717, 1.165) is 30.7 Å². The van der Waals surface area contributed by atoms with Crippen LogP contribution in [-0.4, -0.2) is 37.0 Å². The minimum atomic E-state index is -0.152. The number of nitrogens with zero attached hydrogens (tertiary/aromatic N) is 1. The topological polar surface area (TPSA) is 55.6 Å². The highest BCUT2D eigenvalue weighted by Crippen LogP contribution is 2.23. The van der Waals surface area contributed by atoms with Gasteiger partial charge in [0.05, 0.1) is 13.0 Å². The Morgan fingerprint density at radius 2 is 2.32 bits per heavy atom. The molecule has 1 aliphatic heterocycles. The quantitative estimate of drug-likeness (QED) is 0.903. The Labute approximate surface area is 114 Å². The van der Waals surface area contributed by atoms with Gasteiger partial charge in [-0.15, -0.1) is 0 Å². The SMILES string of the molecule is COc1cccc([C@H](C)C(=O)N2CCC[C@@H](N)C2)c1. The number of hydrogen-bond donors (Lipinski definition) is 1. The Hall–Kier alpha value is -1.55. The Balaban J connectivity index is 2.09. The lowest BCUT2D eigenvalue weighted by Gasteiger charge is -2.32. The standard InChI is InChI=1S/C15H22N2O2/c1-11(12-5-3-7-14(9-12)19-2)15(18)17-8-4-6-13(16)10-17/h3,5,7,9,11,13H,4,6,8,10,16H2,1-2H3/t11-,13+/m0/s1. The van der Waals surface area contributed by atoms with Gasteiger partial charge in [-0.3, -0.25) is 4.79 Å². The number of nitrogens with two attached hydrogens (primary N) is 1. The van der Waals surface area contributed by atoms with Gasteiger partial charge in [0, 0.05) is 19.1 Å². The van der Waals surface area contributed by atoms with Gasteiger partial charge >= 0.3 is 0 Å². The summed E-state index contributed by atoms with van der Waals surface area (Å²) < 4.78 is 5.20. The highest BCUT2D eigenvalue weighted by Gasteiger charge is 2.26. The maximum absolute atomic E-state index is 12.5. The second-order valence-corrected chi connectivity index (χ2v) is 5.18. The van der Waals surface area contributed by atoms with Gasteiger partial charge in [-0.2, -0.15) is 0 Å². The van der Waals surface area contributed by atoms with Crippen molar-refractivity contribution in [2.75, 3.05) is 20.2 Å². The number of benzene rings is 1. The maximum atomic E-state index is 12.5. The number of piperidine rings is 1. The fourth-order valence-electron chi connectivity index (χ4n) is 2.54. The summed E-state index contributed by atoms with van der Waals surface area (Å²) in [7, 11) is 1.63. The molecule has 1 fully saturated rings. The number of methoxy groups -OCH3 is 1. The number of carbonyl (C=O) groups excluding carboxylic acids is 1. The normalized spacial score (nSPS) is 21.0. The first-order chi connectivity index (χ1) is 9.11. The third kappa shape index (κ3) is 3.26. The van der Waals surface area contributed by atoms with Crippen LogP contribution in [-0.2, 0) is 4.79 Å². The summed E-state index contributed by atoms with van der Waals surface area (Å²) in [6, 6.07) is 7.81. The first kappa shape index (κ1) is 13.9. The van der Waals surface area contributed by atoms with Gasteiger partial charge in [0.2, 0.25) is 5.91 Å². The fourth-order valence-corrected chi connectivity index (χ4v) is 2.54. The molecule has 0 aromatic heterocycles. The van der Waals surface area contributed by atoms with Crippen molar-refractivity contribution in [2.45, 2.75) is 31.7 Å². The van der Waals surface area contributed by atoms with Crippen molar-refractivity contribution >= 4 is 5.91 Å². The van der Waals surface area contributed by atoms with E-state index in [4.69, 9.17) is 10.5 Å². The summed E-state index contributed by atoms with van der Waals surface area (Å²) in [5, 5.41) is 0. The predicted octanol–water partition coefficient (Wildman–Crippen LogP) is 1.75. The molecule has 0 radical (unpaired) electrons. The van der Waals surface area contributed by atoms with Crippen LogP contribution in [0.4, 0.5) is 0 Å². The van der Waals surface area contributed by atoms with Crippen LogP contribution in [0.3, 0.4) is 0 Å². The van der Waals surface area contributed by atoms with Gasteiger partial charge < -0.3 is 15.4 Å². The van der Waals surface area contributed by atoms with E-state index in [0.29, 0.717) is 6.54 Å². The Kier molecular flexibility index (Phi) is 4.43. The first-order valence-electron chi connectivity index (χ1n) is 6.80. The molecule has 0 spiro atoms. The van der Waals surface area contributed by atoms with E-state index >= 15 is 0 Å². The average molecular weight is 262 g/mol. The van der Waals surface area contributed by atoms with Crippen LogP contribution in [0.1, 0.15) is 31.2 Å². The highest BCUT2D eigenvalue weighted by molar-refractivity contribution is 5.83. The molecule has 1 aliphatic rings. The summed E-state index contributed by atoms with van der Waals surface area (Å²) in [5.74, 6) is 0.788. The van der Waals surface area contributed by atoms with Crippen LogP contribution in [0.2, 0.25) is 0 Å². The lowest BCUT2D eigenvalue weighted by atomic mass is 9.97. The van der Waals surface area contributed by atoms with Crippen molar-refractivity contribution in [3.63, 3.8) is 0 Å². The van der Waals surface area contributed by atoms with Crippen molar-refractivity contribution in [1.29, 1.82) is 0 Å². The molecule has 0 saturated carbocycles. The molecule has 0 aliphatic carbocycles. The molecule has 19 heavy (non-hydrogen) atoms. The average Bonchev–Trinajstić information content (AvgIpc) is 2.45. The van der Waals surface area contributed by atoms with Crippen molar-refractivity contribution in [3.05, 3.63) is 29.8 Å². The Morgan fingerprint density at radius 1 is 1.53 bits per heavy atom. The highest BCUT2D eigenvalue weighted by atomic mass is 16.5. The molecule has 2 N–H and O–H groups in total. The van der Waals surface area contributed by atoms with Gasteiger partial charge in [-0.25, -0.2) is 0 Å². The number of rotatable bonds is 3. The number of amides is 1. The lowest BCUT2D eigenvalue weighted by molar-refractivity contribution is -0.133. The van der Waals surface area contributed by atoms with Crippen LogP contribution < -0.4 is 10.5 Å². The third-order valence-corrected chi connectivity index (χ3v) is 3.73. The van der Waals surface area contributed by atoms with Crippen LogP contribution in [0, 0.1) is 0 Å². The zero-order chi connectivity index (χ0) is 13.8. The van der Waals surface area contributed by atoms with E-state index in [1.807, 2.05) is 36.1 Å². The summed E-state index contributed by atoms with van der Waals surface area (Å²) >= 11 is 0. The predicted molar refractivity (Wildman–Crippen MR) is 75.2 cm³/mol. The zero-order valence-electron chi connectivity index (χ0n) is 11.6. The molecule has 1 heterocycles. The van der Waals surface area contributed by atoms with Crippen molar-refractivity contribution < 1.29 is 9.53 Å². The van der Waals surface area contributed by atoms with Crippen LogP contribution in [0.5, 0.6) is 5.75 Å². The largest absolute Gasteiger partial charge is 0.497 e. The van der Waals surface area contributed by atoms with Crippen LogP contribution in [0.15, 0.2) is 24.3 Å². The summed E-state index contributed by atoms with van der Waals surface area (Å²) in [4.78, 5) is 14.4.